The number of hydrogen-bond donors (Lipinski definition) is 0. The van der Waals surface area contributed by atoms with Crippen LogP contribution in [0.5, 0.6) is 0 Å². The summed E-state index contributed by atoms with van der Waals surface area (Å²) in [6.07, 6.45) is 1.81. The molecule has 2 atom stereocenters. The number of benzene rings is 2. The molecule has 2 aromatic rings. The van der Waals surface area contributed by atoms with Crippen molar-refractivity contribution < 1.29 is 14.0 Å². The molecule has 6 heteroatoms. The van der Waals surface area contributed by atoms with Crippen molar-refractivity contribution in [3.8, 4) is 0 Å². The van der Waals surface area contributed by atoms with Crippen molar-refractivity contribution in [1.29, 1.82) is 0 Å². The minimum Gasteiger partial charge on any atom is -0.342 e. The molecule has 4 nitrogen and oxygen atoms in total. The van der Waals surface area contributed by atoms with E-state index in [4.69, 9.17) is 11.6 Å². The molecule has 2 fully saturated rings. The fourth-order valence-corrected chi connectivity index (χ4v) is 5.05. The SMILES string of the molecule is CC(=O)N1C[C@@H]2CN(C(=O)c3ccc(F)cc3Cl)C[C@]2(CCc2ccccc2)C1. The van der Waals surface area contributed by atoms with E-state index in [1.807, 2.05) is 28.0 Å². The van der Waals surface area contributed by atoms with E-state index in [1.165, 1.54) is 23.8 Å². The molecule has 2 aliphatic rings. The lowest BCUT2D eigenvalue weighted by Crippen LogP contribution is -2.38. The Labute approximate surface area is 175 Å². The number of aryl methyl sites for hydroxylation is 1. The van der Waals surface area contributed by atoms with Crippen LogP contribution >= 0.6 is 11.6 Å². The molecular formula is C23H24ClFN2O2. The van der Waals surface area contributed by atoms with Crippen LogP contribution in [-0.4, -0.2) is 47.8 Å². The third-order valence-electron chi connectivity index (χ3n) is 6.41. The molecule has 0 N–H and O–H groups in total. The molecule has 2 saturated heterocycles. The first-order chi connectivity index (χ1) is 13.9. The number of fused-ring (bicyclic) bond motifs is 1. The molecule has 0 aromatic heterocycles. The van der Waals surface area contributed by atoms with Gasteiger partial charge < -0.3 is 9.80 Å². The van der Waals surface area contributed by atoms with Gasteiger partial charge in [0, 0.05) is 44.4 Å². The van der Waals surface area contributed by atoms with Gasteiger partial charge in [-0.15, -0.1) is 0 Å². The number of halogens is 2. The Bertz CT molecular complexity index is 936. The predicted octanol–water partition coefficient (Wildman–Crippen LogP) is 4.03. The Morgan fingerprint density at radius 2 is 1.79 bits per heavy atom. The molecule has 0 saturated carbocycles. The fraction of sp³-hybridized carbons (Fsp3) is 0.391. The molecule has 29 heavy (non-hydrogen) atoms. The summed E-state index contributed by atoms with van der Waals surface area (Å²) in [6, 6.07) is 14.2. The third kappa shape index (κ3) is 3.88. The largest absolute Gasteiger partial charge is 0.342 e. The average Bonchev–Trinajstić information content (AvgIpc) is 3.21. The van der Waals surface area contributed by atoms with Crippen molar-refractivity contribution >= 4 is 23.4 Å². The number of amides is 2. The van der Waals surface area contributed by atoms with E-state index in [1.54, 1.807) is 6.92 Å². The lowest BCUT2D eigenvalue weighted by Gasteiger charge is -2.29. The standard InChI is InChI=1S/C23H24ClFN2O2/c1-16(28)26-12-18-13-27(22(29)20-8-7-19(25)11-21(20)24)15-23(18,14-26)10-9-17-5-3-2-4-6-17/h2-8,11,18H,9-10,12-15H2,1H3/t18-,23+/m1/s1. The van der Waals surface area contributed by atoms with Gasteiger partial charge in [-0.1, -0.05) is 41.9 Å². The van der Waals surface area contributed by atoms with Crippen LogP contribution in [0.15, 0.2) is 48.5 Å². The van der Waals surface area contributed by atoms with E-state index in [0.29, 0.717) is 31.7 Å². The first-order valence-corrected chi connectivity index (χ1v) is 10.3. The van der Waals surface area contributed by atoms with Crippen LogP contribution in [0.25, 0.3) is 0 Å². The summed E-state index contributed by atoms with van der Waals surface area (Å²) in [6.45, 7) is 4.12. The summed E-state index contributed by atoms with van der Waals surface area (Å²) in [7, 11) is 0. The van der Waals surface area contributed by atoms with Crippen LogP contribution in [0.1, 0.15) is 29.3 Å². The van der Waals surface area contributed by atoms with Crippen molar-refractivity contribution in [3.05, 3.63) is 70.5 Å². The molecule has 0 unspecified atom stereocenters. The highest BCUT2D eigenvalue weighted by Gasteiger charge is 2.53. The minimum atomic E-state index is -0.457. The molecule has 0 bridgehead atoms. The van der Waals surface area contributed by atoms with Gasteiger partial charge in [-0.05, 0) is 36.6 Å². The van der Waals surface area contributed by atoms with Crippen molar-refractivity contribution in [2.75, 3.05) is 26.2 Å². The summed E-state index contributed by atoms with van der Waals surface area (Å²) in [5, 5.41) is 0.135. The molecule has 2 heterocycles. The number of carbonyl (C=O) groups excluding carboxylic acids is 2. The summed E-state index contributed by atoms with van der Waals surface area (Å²) in [5.41, 5.74) is 1.46. The predicted molar refractivity (Wildman–Crippen MR) is 110 cm³/mol. The van der Waals surface area contributed by atoms with Crippen LogP contribution in [-0.2, 0) is 11.2 Å². The maximum Gasteiger partial charge on any atom is 0.255 e. The van der Waals surface area contributed by atoms with E-state index >= 15 is 0 Å². The normalized spacial score (nSPS) is 23.3. The average molecular weight is 415 g/mol. The number of nitrogens with zero attached hydrogens (tertiary/aromatic N) is 2. The minimum absolute atomic E-state index is 0.0814. The molecule has 4 rings (SSSR count). The molecule has 2 aromatic carbocycles. The second-order valence-corrected chi connectivity index (χ2v) is 8.66. The van der Waals surface area contributed by atoms with E-state index < -0.39 is 5.82 Å². The summed E-state index contributed by atoms with van der Waals surface area (Å²) in [4.78, 5) is 28.8. The van der Waals surface area contributed by atoms with Crippen molar-refractivity contribution in [1.82, 2.24) is 9.80 Å². The van der Waals surface area contributed by atoms with E-state index in [-0.39, 0.29) is 28.2 Å². The Balaban J connectivity index is 1.55. The molecule has 0 radical (unpaired) electrons. The second-order valence-electron chi connectivity index (χ2n) is 8.25. The van der Waals surface area contributed by atoms with Gasteiger partial charge in [0.1, 0.15) is 5.82 Å². The molecule has 2 aliphatic heterocycles. The summed E-state index contributed by atoms with van der Waals surface area (Å²) >= 11 is 6.12. The fourth-order valence-electron chi connectivity index (χ4n) is 4.80. The Morgan fingerprint density at radius 1 is 1.10 bits per heavy atom. The van der Waals surface area contributed by atoms with Gasteiger partial charge >= 0.3 is 0 Å². The van der Waals surface area contributed by atoms with E-state index in [0.717, 1.165) is 12.8 Å². The summed E-state index contributed by atoms with van der Waals surface area (Å²) in [5.74, 6) is -0.310. The van der Waals surface area contributed by atoms with Crippen LogP contribution in [0, 0.1) is 17.2 Å². The van der Waals surface area contributed by atoms with Crippen LogP contribution in [0.2, 0.25) is 5.02 Å². The van der Waals surface area contributed by atoms with Crippen LogP contribution in [0.3, 0.4) is 0 Å². The number of likely N-dealkylation sites (tertiary alicyclic amines) is 2. The zero-order valence-electron chi connectivity index (χ0n) is 16.4. The second kappa shape index (κ2) is 7.79. The third-order valence-corrected chi connectivity index (χ3v) is 6.72. The van der Waals surface area contributed by atoms with Gasteiger partial charge in [-0.3, -0.25) is 9.59 Å². The number of rotatable bonds is 4. The van der Waals surface area contributed by atoms with Gasteiger partial charge in [0.2, 0.25) is 5.91 Å². The molecule has 0 spiro atoms. The smallest absolute Gasteiger partial charge is 0.255 e. The quantitative estimate of drug-likeness (QED) is 0.757. The maximum atomic E-state index is 13.4. The van der Waals surface area contributed by atoms with Gasteiger partial charge in [0.25, 0.3) is 5.91 Å². The van der Waals surface area contributed by atoms with Gasteiger partial charge in [-0.2, -0.15) is 0 Å². The Hall–Kier alpha value is -2.40. The van der Waals surface area contributed by atoms with E-state index in [2.05, 4.69) is 12.1 Å². The van der Waals surface area contributed by atoms with Crippen LogP contribution < -0.4 is 0 Å². The van der Waals surface area contributed by atoms with Crippen molar-refractivity contribution in [3.63, 3.8) is 0 Å². The summed E-state index contributed by atoms with van der Waals surface area (Å²) < 4.78 is 13.4. The zero-order chi connectivity index (χ0) is 20.6. The number of hydrogen-bond acceptors (Lipinski definition) is 2. The lowest BCUT2D eigenvalue weighted by atomic mass is 9.76. The van der Waals surface area contributed by atoms with Gasteiger partial charge in [-0.25, -0.2) is 4.39 Å². The van der Waals surface area contributed by atoms with Crippen LogP contribution in [0.4, 0.5) is 4.39 Å². The van der Waals surface area contributed by atoms with Gasteiger partial charge in [0.05, 0.1) is 10.6 Å². The monoisotopic (exact) mass is 414 g/mol. The number of carbonyl (C=O) groups is 2. The zero-order valence-corrected chi connectivity index (χ0v) is 17.2. The van der Waals surface area contributed by atoms with Crippen molar-refractivity contribution in [2.45, 2.75) is 19.8 Å². The highest BCUT2D eigenvalue weighted by atomic mass is 35.5. The lowest BCUT2D eigenvalue weighted by molar-refractivity contribution is -0.128. The first kappa shape index (κ1) is 19.9. The van der Waals surface area contributed by atoms with Crippen molar-refractivity contribution in [2.24, 2.45) is 11.3 Å². The molecular weight excluding hydrogens is 391 g/mol. The van der Waals surface area contributed by atoms with Gasteiger partial charge in [0.15, 0.2) is 0 Å². The molecule has 152 valence electrons. The molecule has 2 amide bonds. The first-order valence-electron chi connectivity index (χ1n) is 9.92. The topological polar surface area (TPSA) is 40.6 Å². The highest BCUT2D eigenvalue weighted by Crippen LogP contribution is 2.46. The Morgan fingerprint density at radius 3 is 2.48 bits per heavy atom. The maximum absolute atomic E-state index is 13.4. The highest BCUT2D eigenvalue weighted by molar-refractivity contribution is 6.33. The Kier molecular flexibility index (Phi) is 5.34. The molecule has 0 aliphatic carbocycles. The van der Waals surface area contributed by atoms with E-state index in [9.17, 15) is 14.0 Å².